The highest BCUT2D eigenvalue weighted by molar-refractivity contribution is 7.98. The molecule has 9 heteroatoms. The number of thioether (sulfide) groups is 1. The van der Waals surface area contributed by atoms with Crippen LogP contribution in [0.5, 0.6) is 5.75 Å². The molecule has 1 N–H and O–H groups in total. The fourth-order valence-electron chi connectivity index (χ4n) is 2.47. The lowest BCUT2D eigenvalue weighted by Crippen LogP contribution is -2.21. The van der Waals surface area contributed by atoms with Gasteiger partial charge >= 0.3 is 5.97 Å². The lowest BCUT2D eigenvalue weighted by Gasteiger charge is -2.10. The van der Waals surface area contributed by atoms with E-state index in [-0.39, 0.29) is 5.69 Å². The van der Waals surface area contributed by atoms with Crippen LogP contribution < -0.4 is 10.1 Å². The molecule has 0 atom stereocenters. The minimum absolute atomic E-state index is 0.160. The van der Waals surface area contributed by atoms with Crippen LogP contribution in [0.1, 0.15) is 10.5 Å². The summed E-state index contributed by atoms with van der Waals surface area (Å²) in [6.45, 7) is -0.463. The van der Waals surface area contributed by atoms with Crippen LogP contribution in [-0.4, -0.2) is 41.2 Å². The van der Waals surface area contributed by atoms with Gasteiger partial charge in [0.1, 0.15) is 5.75 Å². The van der Waals surface area contributed by atoms with Gasteiger partial charge in [-0.15, -0.1) is 0 Å². The van der Waals surface area contributed by atoms with Crippen molar-refractivity contribution in [3.05, 3.63) is 53.3 Å². The van der Waals surface area contributed by atoms with Crippen molar-refractivity contribution in [2.45, 2.75) is 5.16 Å². The predicted octanol–water partition coefficient (Wildman–Crippen LogP) is 3.51. The van der Waals surface area contributed by atoms with Crippen LogP contribution >= 0.6 is 23.4 Å². The van der Waals surface area contributed by atoms with E-state index in [1.54, 1.807) is 34.7 Å². The van der Waals surface area contributed by atoms with Gasteiger partial charge in [0.2, 0.25) is 0 Å². The zero-order valence-electron chi connectivity index (χ0n) is 14.6. The summed E-state index contributed by atoms with van der Waals surface area (Å²) in [7, 11) is 1.48. The monoisotopic (exact) mass is 405 g/mol. The Hall–Kier alpha value is -2.71. The smallest absolute Gasteiger partial charge is 0.359 e. The number of pyridine rings is 1. The summed E-state index contributed by atoms with van der Waals surface area (Å²) in [5, 5.41) is 3.71. The number of methoxy groups -OCH3 is 1. The molecule has 2 aromatic heterocycles. The molecule has 0 bridgehead atoms. The molecule has 0 fully saturated rings. The van der Waals surface area contributed by atoms with Gasteiger partial charge < -0.3 is 14.8 Å². The first-order valence-electron chi connectivity index (χ1n) is 7.85. The number of rotatable bonds is 6. The maximum Gasteiger partial charge on any atom is 0.359 e. The molecule has 1 amide bonds. The molecule has 0 saturated carbocycles. The Morgan fingerprint density at radius 3 is 2.85 bits per heavy atom. The summed E-state index contributed by atoms with van der Waals surface area (Å²) in [6, 6.07) is 10.2. The Balaban J connectivity index is 1.69. The summed E-state index contributed by atoms with van der Waals surface area (Å²) in [5.74, 6) is -0.742. The number of imidazole rings is 1. The number of carbonyl (C=O) groups excluding carboxylic acids is 2. The molecule has 0 aliphatic rings. The number of amides is 1. The molecule has 0 aliphatic heterocycles. The zero-order valence-corrected chi connectivity index (χ0v) is 16.1. The average Bonchev–Trinajstić information content (AvgIpc) is 3.05. The molecule has 1 aromatic carbocycles. The Morgan fingerprint density at radius 2 is 2.11 bits per heavy atom. The van der Waals surface area contributed by atoms with Crippen LogP contribution in [0, 0.1) is 0 Å². The van der Waals surface area contributed by atoms with Crippen molar-refractivity contribution in [1.82, 2.24) is 9.38 Å². The van der Waals surface area contributed by atoms with Gasteiger partial charge in [0.05, 0.1) is 18.3 Å². The topological polar surface area (TPSA) is 81.9 Å². The molecule has 2 heterocycles. The van der Waals surface area contributed by atoms with E-state index in [0.29, 0.717) is 27.1 Å². The summed E-state index contributed by atoms with van der Waals surface area (Å²) in [6.07, 6.45) is 3.67. The number of nitrogens with zero attached hydrogens (tertiary/aromatic N) is 2. The maximum atomic E-state index is 12.4. The van der Waals surface area contributed by atoms with E-state index in [1.165, 1.54) is 18.9 Å². The second kappa shape index (κ2) is 8.32. The Labute approximate surface area is 164 Å². The largest absolute Gasteiger partial charge is 0.495 e. The van der Waals surface area contributed by atoms with Crippen molar-refractivity contribution in [1.29, 1.82) is 0 Å². The Morgan fingerprint density at radius 1 is 1.30 bits per heavy atom. The third kappa shape index (κ3) is 4.17. The maximum absolute atomic E-state index is 12.4. The number of benzene rings is 1. The van der Waals surface area contributed by atoms with Crippen LogP contribution in [-0.2, 0) is 9.53 Å². The predicted molar refractivity (Wildman–Crippen MR) is 104 cm³/mol. The van der Waals surface area contributed by atoms with E-state index in [1.807, 2.05) is 18.5 Å². The van der Waals surface area contributed by atoms with E-state index in [0.717, 1.165) is 0 Å². The average molecular weight is 406 g/mol. The van der Waals surface area contributed by atoms with Gasteiger partial charge in [-0.25, -0.2) is 9.78 Å². The van der Waals surface area contributed by atoms with E-state index in [9.17, 15) is 9.59 Å². The van der Waals surface area contributed by atoms with Gasteiger partial charge in [0.15, 0.2) is 17.5 Å². The molecule has 0 radical (unpaired) electrons. The van der Waals surface area contributed by atoms with E-state index in [2.05, 4.69) is 10.3 Å². The number of hydrogen-bond acceptors (Lipinski definition) is 6. The van der Waals surface area contributed by atoms with Crippen molar-refractivity contribution in [2.75, 3.05) is 25.3 Å². The third-order valence-electron chi connectivity index (χ3n) is 3.66. The van der Waals surface area contributed by atoms with Gasteiger partial charge in [-0.2, -0.15) is 0 Å². The van der Waals surface area contributed by atoms with Crippen molar-refractivity contribution >= 4 is 46.4 Å². The molecule has 0 saturated heterocycles. The van der Waals surface area contributed by atoms with Crippen molar-refractivity contribution in [2.24, 2.45) is 0 Å². The fraction of sp³-hybridized carbons (Fsp3) is 0.167. The number of aromatic nitrogens is 2. The number of hydrogen-bond donors (Lipinski definition) is 1. The number of ether oxygens (including phenoxy) is 2. The van der Waals surface area contributed by atoms with Crippen LogP contribution in [0.3, 0.4) is 0 Å². The van der Waals surface area contributed by atoms with Crippen molar-refractivity contribution in [3.63, 3.8) is 0 Å². The molecule has 0 aliphatic carbocycles. The van der Waals surface area contributed by atoms with Gasteiger partial charge in [0.25, 0.3) is 5.91 Å². The quantitative estimate of drug-likeness (QED) is 0.499. The number of carbonyl (C=O) groups is 2. The minimum Gasteiger partial charge on any atom is -0.495 e. The Bertz CT molecular complexity index is 1010. The summed E-state index contributed by atoms with van der Waals surface area (Å²) in [5.41, 5.74) is 1.17. The molecule has 0 spiro atoms. The van der Waals surface area contributed by atoms with E-state index in [4.69, 9.17) is 21.1 Å². The number of halogens is 1. The first-order valence-corrected chi connectivity index (χ1v) is 9.45. The Kier molecular flexibility index (Phi) is 5.88. The number of nitrogens with one attached hydrogen (secondary N) is 1. The summed E-state index contributed by atoms with van der Waals surface area (Å²) < 4.78 is 12.1. The van der Waals surface area contributed by atoms with E-state index >= 15 is 0 Å². The SMILES string of the molecule is COc1ccc(Cl)cc1NC(=O)COC(=O)c1nc(SC)n2ccccc12. The molecule has 27 heavy (non-hydrogen) atoms. The van der Waals surface area contributed by atoms with Gasteiger partial charge in [-0.3, -0.25) is 9.20 Å². The fourth-order valence-corrected chi connectivity index (χ4v) is 3.18. The normalized spacial score (nSPS) is 10.6. The second-order valence-corrected chi connectivity index (χ2v) is 6.58. The summed E-state index contributed by atoms with van der Waals surface area (Å²) >= 11 is 7.34. The minimum atomic E-state index is -0.674. The zero-order chi connectivity index (χ0) is 19.4. The van der Waals surface area contributed by atoms with Crippen LogP contribution in [0.2, 0.25) is 5.02 Å². The van der Waals surface area contributed by atoms with Crippen LogP contribution in [0.15, 0.2) is 47.8 Å². The molecular formula is C18H16ClN3O4S. The summed E-state index contributed by atoms with van der Waals surface area (Å²) in [4.78, 5) is 28.8. The lowest BCUT2D eigenvalue weighted by molar-refractivity contribution is -0.119. The van der Waals surface area contributed by atoms with Crippen LogP contribution in [0.25, 0.3) is 5.52 Å². The first kappa shape index (κ1) is 19.1. The molecule has 140 valence electrons. The lowest BCUT2D eigenvalue weighted by atomic mass is 10.3. The molecule has 3 aromatic rings. The van der Waals surface area contributed by atoms with Gasteiger partial charge in [-0.1, -0.05) is 29.4 Å². The highest BCUT2D eigenvalue weighted by atomic mass is 35.5. The third-order valence-corrected chi connectivity index (χ3v) is 4.55. The standard InChI is InChI=1S/C18H16ClN3O4S/c1-25-14-7-6-11(19)9-12(14)20-15(23)10-26-17(24)16-13-5-3-4-8-22(13)18(21-16)27-2/h3-9H,10H2,1-2H3,(H,20,23). The van der Waals surface area contributed by atoms with Gasteiger partial charge in [0, 0.05) is 11.2 Å². The highest BCUT2D eigenvalue weighted by Crippen LogP contribution is 2.27. The van der Waals surface area contributed by atoms with Crippen LogP contribution in [0.4, 0.5) is 5.69 Å². The number of esters is 1. The second-order valence-electron chi connectivity index (χ2n) is 5.37. The van der Waals surface area contributed by atoms with Crippen molar-refractivity contribution < 1.29 is 19.1 Å². The molecule has 7 nitrogen and oxygen atoms in total. The molecular weight excluding hydrogens is 390 g/mol. The number of fused-ring (bicyclic) bond motifs is 1. The number of anilines is 1. The molecule has 3 rings (SSSR count). The van der Waals surface area contributed by atoms with Gasteiger partial charge in [-0.05, 0) is 36.6 Å². The first-order chi connectivity index (χ1) is 13.0. The highest BCUT2D eigenvalue weighted by Gasteiger charge is 2.19. The molecule has 0 unspecified atom stereocenters. The van der Waals surface area contributed by atoms with Crippen molar-refractivity contribution in [3.8, 4) is 5.75 Å². The van der Waals surface area contributed by atoms with E-state index < -0.39 is 18.5 Å².